The van der Waals surface area contributed by atoms with Gasteiger partial charge in [-0.25, -0.2) is 4.68 Å². The molecule has 2 aromatic heterocycles. The summed E-state index contributed by atoms with van der Waals surface area (Å²) in [6.45, 7) is 4.96. The van der Waals surface area contributed by atoms with Crippen molar-refractivity contribution in [3.63, 3.8) is 0 Å². The maximum absolute atomic E-state index is 12.4. The second-order valence-electron chi connectivity index (χ2n) is 7.82. The van der Waals surface area contributed by atoms with Crippen LogP contribution in [0.3, 0.4) is 0 Å². The number of amides is 1. The molecule has 1 aliphatic heterocycles. The van der Waals surface area contributed by atoms with Gasteiger partial charge < -0.3 is 15.0 Å². The van der Waals surface area contributed by atoms with E-state index in [1.165, 1.54) is 17.2 Å². The van der Waals surface area contributed by atoms with Gasteiger partial charge in [0, 0.05) is 31.3 Å². The average molecular weight is 449 g/mol. The Balaban J connectivity index is 1.34. The van der Waals surface area contributed by atoms with E-state index in [1.807, 2.05) is 37.3 Å². The lowest BCUT2D eigenvalue weighted by Gasteiger charge is -2.27. The van der Waals surface area contributed by atoms with Gasteiger partial charge >= 0.3 is 0 Å². The fraction of sp³-hybridized carbons (Fsp3) is 0.375. The molecule has 9 nitrogen and oxygen atoms in total. The molecule has 0 unspecified atom stereocenters. The normalized spacial score (nSPS) is 13.5. The number of nitrogens with one attached hydrogen (secondary N) is 1. The van der Waals surface area contributed by atoms with Gasteiger partial charge in [-0.3, -0.25) is 9.59 Å². The Bertz CT molecular complexity index is 1120. The third-order valence-corrected chi connectivity index (χ3v) is 5.50. The number of carbonyl (C=O) groups excluding carboxylic acids is 1. The SMILES string of the molecule is CCOc1ccc(-c2ccc(=O)n(CCNC(=O)c3ccc(N4CCCCC4)nn3)n2)cc1. The first-order chi connectivity index (χ1) is 16.1. The van der Waals surface area contributed by atoms with Crippen molar-refractivity contribution in [3.05, 3.63) is 64.6 Å². The second-order valence-corrected chi connectivity index (χ2v) is 7.82. The Kier molecular flexibility index (Phi) is 7.29. The highest BCUT2D eigenvalue weighted by molar-refractivity contribution is 5.92. The zero-order valence-electron chi connectivity index (χ0n) is 18.7. The van der Waals surface area contributed by atoms with E-state index in [1.54, 1.807) is 12.1 Å². The molecule has 0 radical (unpaired) electrons. The van der Waals surface area contributed by atoms with E-state index < -0.39 is 0 Å². The van der Waals surface area contributed by atoms with E-state index in [2.05, 4.69) is 25.5 Å². The van der Waals surface area contributed by atoms with E-state index >= 15 is 0 Å². The van der Waals surface area contributed by atoms with Crippen molar-refractivity contribution < 1.29 is 9.53 Å². The Morgan fingerprint density at radius 3 is 2.48 bits per heavy atom. The molecule has 3 aromatic rings. The number of anilines is 1. The highest BCUT2D eigenvalue weighted by Crippen LogP contribution is 2.20. The van der Waals surface area contributed by atoms with Gasteiger partial charge in [0.15, 0.2) is 11.5 Å². The maximum atomic E-state index is 12.4. The molecule has 3 heterocycles. The number of rotatable bonds is 8. The lowest BCUT2D eigenvalue weighted by molar-refractivity contribution is 0.0945. The lowest BCUT2D eigenvalue weighted by atomic mass is 10.1. The Morgan fingerprint density at radius 2 is 1.79 bits per heavy atom. The summed E-state index contributed by atoms with van der Waals surface area (Å²) in [5.41, 5.74) is 1.56. The minimum atomic E-state index is -0.330. The lowest BCUT2D eigenvalue weighted by Crippen LogP contribution is -2.33. The number of hydrogen-bond acceptors (Lipinski definition) is 7. The molecule has 1 fully saturated rings. The highest BCUT2D eigenvalue weighted by atomic mass is 16.5. The number of aromatic nitrogens is 4. The summed E-state index contributed by atoms with van der Waals surface area (Å²) in [6, 6.07) is 14.2. The first kappa shape index (κ1) is 22.4. The van der Waals surface area contributed by atoms with Crippen molar-refractivity contribution in [1.82, 2.24) is 25.3 Å². The van der Waals surface area contributed by atoms with Gasteiger partial charge in [-0.15, -0.1) is 10.2 Å². The number of nitrogens with zero attached hydrogens (tertiary/aromatic N) is 5. The van der Waals surface area contributed by atoms with Crippen LogP contribution in [0.5, 0.6) is 5.75 Å². The van der Waals surface area contributed by atoms with Crippen molar-refractivity contribution in [2.45, 2.75) is 32.7 Å². The van der Waals surface area contributed by atoms with Gasteiger partial charge in [0.2, 0.25) is 0 Å². The molecule has 33 heavy (non-hydrogen) atoms. The quantitative estimate of drug-likeness (QED) is 0.565. The maximum Gasteiger partial charge on any atom is 0.271 e. The predicted molar refractivity (Wildman–Crippen MR) is 126 cm³/mol. The zero-order chi connectivity index (χ0) is 23.0. The third kappa shape index (κ3) is 5.74. The molecule has 1 aromatic carbocycles. The number of piperidine rings is 1. The van der Waals surface area contributed by atoms with E-state index in [0.717, 1.165) is 43.1 Å². The third-order valence-electron chi connectivity index (χ3n) is 5.50. The summed E-state index contributed by atoms with van der Waals surface area (Å²) in [7, 11) is 0. The van der Waals surface area contributed by atoms with Crippen LogP contribution in [-0.2, 0) is 6.54 Å². The molecule has 0 atom stereocenters. The van der Waals surface area contributed by atoms with E-state index in [0.29, 0.717) is 12.3 Å². The smallest absolute Gasteiger partial charge is 0.271 e. The zero-order valence-corrected chi connectivity index (χ0v) is 18.7. The minimum Gasteiger partial charge on any atom is -0.494 e. The largest absolute Gasteiger partial charge is 0.494 e. The van der Waals surface area contributed by atoms with Gasteiger partial charge in [0.1, 0.15) is 5.75 Å². The van der Waals surface area contributed by atoms with Crippen molar-refractivity contribution in [2.75, 3.05) is 31.1 Å². The molecule has 0 spiro atoms. The molecule has 0 saturated carbocycles. The molecule has 1 aliphatic rings. The van der Waals surface area contributed by atoms with Crippen molar-refractivity contribution in [1.29, 1.82) is 0 Å². The molecule has 9 heteroatoms. The molecular formula is C24H28N6O3. The van der Waals surface area contributed by atoms with Crippen molar-refractivity contribution in [2.24, 2.45) is 0 Å². The van der Waals surface area contributed by atoms with Crippen LogP contribution in [-0.4, -0.2) is 52.1 Å². The standard InChI is InChI=1S/C24H28N6O3/c1-2-33-19-8-6-18(7-9-19)20-11-13-23(31)30(28-20)17-14-25-24(32)21-10-12-22(27-26-21)29-15-4-3-5-16-29/h6-13H,2-5,14-17H2,1H3,(H,25,32). The average Bonchev–Trinajstić information content (AvgIpc) is 2.86. The summed E-state index contributed by atoms with van der Waals surface area (Å²) < 4.78 is 6.81. The van der Waals surface area contributed by atoms with Crippen molar-refractivity contribution >= 4 is 11.7 Å². The van der Waals surface area contributed by atoms with Crippen LogP contribution < -0.4 is 20.5 Å². The van der Waals surface area contributed by atoms with Crippen LogP contribution in [0.1, 0.15) is 36.7 Å². The highest BCUT2D eigenvalue weighted by Gasteiger charge is 2.14. The summed E-state index contributed by atoms with van der Waals surface area (Å²) >= 11 is 0. The molecule has 172 valence electrons. The van der Waals surface area contributed by atoms with Crippen LogP contribution in [0.15, 0.2) is 53.3 Å². The van der Waals surface area contributed by atoms with E-state index in [-0.39, 0.29) is 30.2 Å². The molecule has 1 saturated heterocycles. The fourth-order valence-corrected chi connectivity index (χ4v) is 3.76. The monoisotopic (exact) mass is 448 g/mol. The van der Waals surface area contributed by atoms with Crippen LogP contribution in [0.4, 0.5) is 5.82 Å². The van der Waals surface area contributed by atoms with Crippen LogP contribution in [0.2, 0.25) is 0 Å². The number of benzene rings is 1. The fourth-order valence-electron chi connectivity index (χ4n) is 3.76. The number of hydrogen-bond donors (Lipinski definition) is 1. The van der Waals surface area contributed by atoms with Gasteiger partial charge in [-0.2, -0.15) is 5.10 Å². The van der Waals surface area contributed by atoms with Gasteiger partial charge in [0.25, 0.3) is 11.5 Å². The Hall–Kier alpha value is -3.75. The summed E-state index contributed by atoms with van der Waals surface area (Å²) in [4.78, 5) is 26.8. The summed E-state index contributed by atoms with van der Waals surface area (Å²) in [6.07, 6.45) is 3.54. The molecular weight excluding hydrogens is 420 g/mol. The first-order valence-electron chi connectivity index (χ1n) is 11.3. The molecule has 1 N–H and O–H groups in total. The Labute approximate surface area is 192 Å². The summed E-state index contributed by atoms with van der Waals surface area (Å²) in [5.74, 6) is 1.25. The van der Waals surface area contributed by atoms with Crippen LogP contribution >= 0.6 is 0 Å². The van der Waals surface area contributed by atoms with Gasteiger partial charge in [-0.05, 0) is 68.7 Å². The van der Waals surface area contributed by atoms with Crippen LogP contribution in [0.25, 0.3) is 11.3 Å². The number of ether oxygens (including phenoxy) is 1. The first-order valence-corrected chi connectivity index (χ1v) is 11.3. The minimum absolute atomic E-state index is 0.232. The van der Waals surface area contributed by atoms with E-state index in [9.17, 15) is 9.59 Å². The predicted octanol–water partition coefficient (Wildman–Crippen LogP) is 2.52. The Morgan fingerprint density at radius 1 is 1.00 bits per heavy atom. The molecule has 0 aliphatic carbocycles. The summed E-state index contributed by atoms with van der Waals surface area (Å²) in [5, 5.41) is 15.5. The molecule has 0 bridgehead atoms. The van der Waals surface area contributed by atoms with Crippen molar-refractivity contribution in [3.8, 4) is 17.0 Å². The second kappa shape index (κ2) is 10.7. The van der Waals surface area contributed by atoms with E-state index in [4.69, 9.17) is 4.74 Å². The number of carbonyl (C=O) groups is 1. The molecule has 4 rings (SSSR count). The van der Waals surface area contributed by atoms with Gasteiger partial charge in [0.05, 0.1) is 18.8 Å². The van der Waals surface area contributed by atoms with Gasteiger partial charge in [-0.1, -0.05) is 0 Å². The molecule has 1 amide bonds. The van der Waals surface area contributed by atoms with Crippen LogP contribution in [0, 0.1) is 0 Å². The topological polar surface area (TPSA) is 102 Å².